The molecule has 1 aliphatic rings. The van der Waals surface area contributed by atoms with E-state index in [4.69, 9.17) is 4.74 Å². The zero-order valence-electron chi connectivity index (χ0n) is 10.6. The number of esters is 1. The predicted molar refractivity (Wildman–Crippen MR) is 80.8 cm³/mol. The normalized spacial score (nSPS) is 23.4. The Morgan fingerprint density at radius 3 is 3.00 bits per heavy atom. The summed E-state index contributed by atoms with van der Waals surface area (Å²) < 4.78 is 6.12. The molecule has 2 aromatic rings. The monoisotopic (exact) mass is 293 g/mol. The van der Waals surface area contributed by atoms with Gasteiger partial charge >= 0.3 is 5.97 Å². The Morgan fingerprint density at radius 1 is 1.37 bits per heavy atom. The number of nitrogens with one attached hydrogen (secondary N) is 1. The summed E-state index contributed by atoms with van der Waals surface area (Å²) in [6.45, 7) is 0. The zero-order valence-corrected chi connectivity index (χ0v) is 12.2. The molecule has 3 nitrogen and oxygen atoms in total. The second-order valence-corrected chi connectivity index (χ2v) is 6.71. The van der Waals surface area contributed by atoms with Crippen LogP contribution < -0.4 is 5.32 Å². The molecular weight excluding hydrogens is 278 g/mol. The smallest absolute Gasteiger partial charge is 0.323 e. The number of rotatable bonds is 2. The van der Waals surface area contributed by atoms with E-state index < -0.39 is 0 Å². The lowest BCUT2D eigenvalue weighted by Crippen LogP contribution is -2.45. The van der Waals surface area contributed by atoms with E-state index >= 15 is 0 Å². The van der Waals surface area contributed by atoms with Gasteiger partial charge in [0, 0.05) is 21.1 Å². The Hall–Kier alpha value is -1.04. The minimum atomic E-state index is -0.195. The number of hydrogen-bond donors (Lipinski definition) is 1. The first-order valence-electron chi connectivity index (χ1n) is 6.18. The minimum absolute atomic E-state index is 0.168. The van der Waals surface area contributed by atoms with E-state index in [1.54, 1.807) is 23.1 Å². The number of methoxy groups -OCH3 is 1. The fraction of sp³-hybridized carbons (Fsp3) is 0.357. The van der Waals surface area contributed by atoms with Gasteiger partial charge in [0.15, 0.2) is 0 Å². The number of fused-ring (bicyclic) bond motifs is 1. The van der Waals surface area contributed by atoms with Crippen LogP contribution in [0.25, 0.3) is 10.1 Å². The van der Waals surface area contributed by atoms with E-state index in [2.05, 4.69) is 35.6 Å². The van der Waals surface area contributed by atoms with Gasteiger partial charge in [0.1, 0.15) is 6.04 Å². The van der Waals surface area contributed by atoms with E-state index in [1.807, 2.05) is 0 Å². The Kier molecular flexibility index (Phi) is 3.77. The largest absolute Gasteiger partial charge is 0.468 e. The van der Waals surface area contributed by atoms with Crippen molar-refractivity contribution in [3.05, 3.63) is 35.2 Å². The Balaban J connectivity index is 1.83. The number of thiophene rings is 1. The molecule has 3 rings (SSSR count). The van der Waals surface area contributed by atoms with E-state index in [0.717, 1.165) is 11.5 Å². The third-order valence-corrected chi connectivity index (χ3v) is 5.61. The van der Waals surface area contributed by atoms with E-state index in [9.17, 15) is 4.79 Å². The van der Waals surface area contributed by atoms with Crippen LogP contribution in [0, 0.1) is 0 Å². The van der Waals surface area contributed by atoms with Gasteiger partial charge in [-0.25, -0.2) is 0 Å². The van der Waals surface area contributed by atoms with Crippen LogP contribution >= 0.6 is 23.1 Å². The second kappa shape index (κ2) is 5.53. The fourth-order valence-corrected chi connectivity index (χ4v) is 4.61. The molecule has 1 aromatic carbocycles. The van der Waals surface area contributed by atoms with Crippen molar-refractivity contribution in [3.63, 3.8) is 0 Å². The lowest BCUT2D eigenvalue weighted by Gasteiger charge is -2.28. The van der Waals surface area contributed by atoms with E-state index in [1.165, 1.54) is 22.1 Å². The van der Waals surface area contributed by atoms with Crippen LogP contribution in [0.15, 0.2) is 30.3 Å². The Labute approximate surface area is 120 Å². The summed E-state index contributed by atoms with van der Waals surface area (Å²) in [6.07, 6.45) is 0. The summed E-state index contributed by atoms with van der Waals surface area (Å²) in [6, 6.07) is 10.6. The molecule has 0 bridgehead atoms. The molecule has 1 N–H and O–H groups in total. The van der Waals surface area contributed by atoms with Gasteiger partial charge in [-0.2, -0.15) is 11.8 Å². The summed E-state index contributed by atoms with van der Waals surface area (Å²) in [4.78, 5) is 12.9. The maximum atomic E-state index is 11.6. The van der Waals surface area contributed by atoms with Gasteiger partial charge in [-0.15, -0.1) is 11.3 Å². The summed E-state index contributed by atoms with van der Waals surface area (Å²) >= 11 is 3.60. The first-order chi connectivity index (χ1) is 9.28. The lowest BCUT2D eigenvalue weighted by atomic mass is 10.2. The molecule has 0 saturated carbocycles. The lowest BCUT2D eigenvalue weighted by molar-refractivity contribution is -0.142. The van der Waals surface area contributed by atoms with Crippen LogP contribution in [0.1, 0.15) is 10.9 Å². The molecule has 19 heavy (non-hydrogen) atoms. The number of carbonyl (C=O) groups excluding carboxylic acids is 1. The average Bonchev–Trinajstić information content (AvgIpc) is 2.90. The molecule has 2 atom stereocenters. The number of thioether (sulfide) groups is 1. The van der Waals surface area contributed by atoms with Gasteiger partial charge in [0.05, 0.1) is 13.2 Å². The first kappa shape index (κ1) is 13.0. The molecule has 1 aromatic heterocycles. The second-order valence-electron chi connectivity index (χ2n) is 4.52. The number of carbonyl (C=O) groups is 1. The Bertz CT molecular complexity index is 563. The summed E-state index contributed by atoms with van der Waals surface area (Å²) in [5, 5.41) is 4.67. The van der Waals surface area contributed by atoms with Crippen molar-refractivity contribution in [2.24, 2.45) is 0 Å². The molecule has 100 valence electrons. The molecule has 1 aliphatic heterocycles. The van der Waals surface area contributed by atoms with Crippen molar-refractivity contribution in [3.8, 4) is 0 Å². The predicted octanol–water partition coefficient (Wildman–Crippen LogP) is 2.82. The number of benzene rings is 1. The number of ether oxygens (including phenoxy) is 1. The zero-order chi connectivity index (χ0) is 13.2. The van der Waals surface area contributed by atoms with Crippen molar-refractivity contribution in [1.82, 2.24) is 5.32 Å². The molecule has 0 spiro atoms. The molecular formula is C14H15NO2S2. The highest BCUT2D eigenvalue weighted by molar-refractivity contribution is 7.99. The van der Waals surface area contributed by atoms with Crippen molar-refractivity contribution in [1.29, 1.82) is 0 Å². The summed E-state index contributed by atoms with van der Waals surface area (Å²) in [5.74, 6) is 1.62. The van der Waals surface area contributed by atoms with E-state index in [-0.39, 0.29) is 18.1 Å². The molecule has 0 aliphatic carbocycles. The minimum Gasteiger partial charge on any atom is -0.468 e. The average molecular weight is 293 g/mol. The van der Waals surface area contributed by atoms with Gasteiger partial charge in [-0.05, 0) is 17.5 Å². The number of hydrogen-bond acceptors (Lipinski definition) is 5. The fourth-order valence-electron chi connectivity index (χ4n) is 2.26. The van der Waals surface area contributed by atoms with Crippen LogP contribution in [0.4, 0.5) is 0 Å². The molecule has 1 saturated heterocycles. The van der Waals surface area contributed by atoms with Gasteiger partial charge in [0.25, 0.3) is 0 Å². The summed E-state index contributed by atoms with van der Waals surface area (Å²) in [7, 11) is 1.44. The highest BCUT2D eigenvalue weighted by Gasteiger charge is 2.29. The molecule has 5 heteroatoms. The molecule has 0 amide bonds. The molecule has 2 heterocycles. The maximum Gasteiger partial charge on any atom is 0.323 e. The van der Waals surface area contributed by atoms with Gasteiger partial charge in [0.2, 0.25) is 0 Å². The van der Waals surface area contributed by atoms with Gasteiger partial charge in [-0.3, -0.25) is 10.1 Å². The quantitative estimate of drug-likeness (QED) is 0.864. The van der Waals surface area contributed by atoms with Gasteiger partial charge in [-0.1, -0.05) is 18.2 Å². The highest BCUT2D eigenvalue weighted by Crippen LogP contribution is 2.33. The van der Waals surface area contributed by atoms with Gasteiger partial charge < -0.3 is 4.74 Å². The third-order valence-electron chi connectivity index (χ3n) is 3.25. The van der Waals surface area contributed by atoms with Crippen molar-refractivity contribution < 1.29 is 9.53 Å². The van der Waals surface area contributed by atoms with Crippen molar-refractivity contribution >= 4 is 39.2 Å². The molecule has 1 fully saturated rings. The van der Waals surface area contributed by atoms with Crippen molar-refractivity contribution in [2.75, 3.05) is 18.6 Å². The van der Waals surface area contributed by atoms with Crippen LogP contribution in [-0.4, -0.2) is 30.6 Å². The maximum absolute atomic E-state index is 11.6. The molecule has 0 radical (unpaired) electrons. The van der Waals surface area contributed by atoms with Crippen LogP contribution in [0.5, 0.6) is 0 Å². The topological polar surface area (TPSA) is 38.3 Å². The van der Waals surface area contributed by atoms with E-state index in [0.29, 0.717) is 0 Å². The highest BCUT2D eigenvalue weighted by atomic mass is 32.2. The first-order valence-corrected chi connectivity index (χ1v) is 8.15. The standard InChI is InChI=1S/C14H15NO2S2/c1-17-14(16)11-8-18-7-10(15-11)13-6-9-4-2-3-5-12(9)19-13/h2-6,10-11,15H,7-8H2,1H3. The van der Waals surface area contributed by atoms with Crippen molar-refractivity contribution in [2.45, 2.75) is 12.1 Å². The third kappa shape index (κ3) is 2.63. The Morgan fingerprint density at radius 2 is 2.21 bits per heavy atom. The summed E-state index contributed by atoms with van der Waals surface area (Å²) in [5.41, 5.74) is 0. The van der Waals surface area contributed by atoms with Crippen LogP contribution in [-0.2, 0) is 9.53 Å². The SMILES string of the molecule is COC(=O)C1CSCC(c2cc3ccccc3s2)N1. The van der Waals surface area contributed by atoms with Crippen LogP contribution in [0.3, 0.4) is 0 Å². The molecule has 2 unspecified atom stereocenters. The van der Waals surface area contributed by atoms with Crippen LogP contribution in [0.2, 0.25) is 0 Å².